The second-order valence-corrected chi connectivity index (χ2v) is 3.64. The highest BCUT2D eigenvalue weighted by atomic mass is 14.9. The van der Waals surface area contributed by atoms with Crippen LogP contribution in [0.1, 0.15) is 19.4 Å². The van der Waals surface area contributed by atoms with E-state index in [4.69, 9.17) is 0 Å². The molecule has 0 saturated heterocycles. The molecule has 0 fully saturated rings. The summed E-state index contributed by atoms with van der Waals surface area (Å²) < 4.78 is 0. The summed E-state index contributed by atoms with van der Waals surface area (Å²) in [6, 6.07) is 8.50. The molecule has 0 aromatic heterocycles. The molecule has 0 bridgehead atoms. The van der Waals surface area contributed by atoms with Crippen molar-refractivity contribution in [2.24, 2.45) is 5.92 Å². The summed E-state index contributed by atoms with van der Waals surface area (Å²) in [5, 5.41) is 3.37. The molecule has 0 aliphatic heterocycles. The zero-order valence-corrected chi connectivity index (χ0v) is 8.09. The predicted molar refractivity (Wildman–Crippen MR) is 54.5 cm³/mol. The van der Waals surface area contributed by atoms with Gasteiger partial charge in [0.25, 0.3) is 0 Å². The molecule has 0 heterocycles. The standard InChI is InChI=1S/C11H17N/c1-9(2)8-12-11-6-4-10(3)5-7-11/h4-7,9,12H,8H2,1-3H3. The Morgan fingerprint density at radius 3 is 2.25 bits per heavy atom. The minimum atomic E-state index is 0.700. The third kappa shape index (κ3) is 2.95. The molecule has 1 N–H and O–H groups in total. The summed E-state index contributed by atoms with van der Waals surface area (Å²) in [6.07, 6.45) is 0. The molecule has 0 aliphatic carbocycles. The minimum Gasteiger partial charge on any atom is -0.385 e. The Bertz CT molecular complexity index is 223. The first-order chi connectivity index (χ1) is 5.68. The van der Waals surface area contributed by atoms with Crippen LogP contribution >= 0.6 is 0 Å². The van der Waals surface area contributed by atoms with Gasteiger partial charge in [-0.25, -0.2) is 0 Å². The van der Waals surface area contributed by atoms with Gasteiger partial charge in [0.05, 0.1) is 0 Å². The summed E-state index contributed by atoms with van der Waals surface area (Å²) in [5.74, 6) is 0.700. The average Bonchev–Trinajstić information content (AvgIpc) is 2.03. The third-order valence-electron chi connectivity index (χ3n) is 1.77. The Labute approximate surface area is 74.8 Å². The van der Waals surface area contributed by atoms with Crippen molar-refractivity contribution in [1.82, 2.24) is 0 Å². The number of aryl methyl sites for hydroxylation is 1. The van der Waals surface area contributed by atoms with Gasteiger partial charge in [0.1, 0.15) is 0 Å². The van der Waals surface area contributed by atoms with Crippen molar-refractivity contribution >= 4 is 5.69 Å². The van der Waals surface area contributed by atoms with Gasteiger partial charge in [0.2, 0.25) is 0 Å². The number of hydrogen-bond donors (Lipinski definition) is 1. The van der Waals surface area contributed by atoms with Crippen molar-refractivity contribution in [3.63, 3.8) is 0 Å². The van der Waals surface area contributed by atoms with E-state index in [2.05, 4.69) is 50.4 Å². The first-order valence-corrected chi connectivity index (χ1v) is 4.49. The van der Waals surface area contributed by atoms with Gasteiger partial charge in [-0.05, 0) is 25.0 Å². The van der Waals surface area contributed by atoms with Crippen LogP contribution in [0, 0.1) is 12.8 Å². The zero-order chi connectivity index (χ0) is 8.97. The van der Waals surface area contributed by atoms with Crippen LogP contribution in [0.25, 0.3) is 0 Å². The third-order valence-corrected chi connectivity index (χ3v) is 1.77. The van der Waals surface area contributed by atoms with Gasteiger partial charge in [0.15, 0.2) is 0 Å². The molecule has 12 heavy (non-hydrogen) atoms. The van der Waals surface area contributed by atoms with Crippen molar-refractivity contribution in [3.05, 3.63) is 29.8 Å². The summed E-state index contributed by atoms with van der Waals surface area (Å²) in [4.78, 5) is 0. The summed E-state index contributed by atoms with van der Waals surface area (Å²) in [7, 11) is 0. The van der Waals surface area contributed by atoms with Crippen molar-refractivity contribution in [2.45, 2.75) is 20.8 Å². The van der Waals surface area contributed by atoms with Crippen LogP contribution < -0.4 is 5.32 Å². The molecule has 0 atom stereocenters. The van der Waals surface area contributed by atoms with Gasteiger partial charge in [-0.15, -0.1) is 0 Å². The molecular formula is C11H17N. The average molecular weight is 163 g/mol. The molecule has 1 heteroatoms. The maximum atomic E-state index is 3.37. The minimum absolute atomic E-state index is 0.700. The lowest BCUT2D eigenvalue weighted by Gasteiger charge is -2.08. The van der Waals surface area contributed by atoms with E-state index in [0.29, 0.717) is 5.92 Å². The van der Waals surface area contributed by atoms with Crippen LogP contribution in [-0.4, -0.2) is 6.54 Å². The van der Waals surface area contributed by atoms with E-state index in [0.717, 1.165) is 6.54 Å². The molecule has 0 radical (unpaired) electrons. The second kappa shape index (κ2) is 4.15. The van der Waals surface area contributed by atoms with Gasteiger partial charge in [0, 0.05) is 12.2 Å². The van der Waals surface area contributed by atoms with Crippen molar-refractivity contribution in [3.8, 4) is 0 Å². The van der Waals surface area contributed by atoms with Crippen LogP contribution in [0.3, 0.4) is 0 Å². The maximum absolute atomic E-state index is 3.37. The molecule has 66 valence electrons. The normalized spacial score (nSPS) is 10.3. The number of nitrogens with one attached hydrogen (secondary N) is 1. The molecule has 0 aliphatic rings. The van der Waals surface area contributed by atoms with Crippen LogP contribution in [-0.2, 0) is 0 Å². The molecule has 1 aromatic carbocycles. The van der Waals surface area contributed by atoms with E-state index in [1.54, 1.807) is 0 Å². The Balaban J connectivity index is 2.48. The molecule has 0 saturated carbocycles. The molecule has 0 amide bonds. The van der Waals surface area contributed by atoms with E-state index in [9.17, 15) is 0 Å². The fourth-order valence-corrected chi connectivity index (χ4v) is 0.993. The van der Waals surface area contributed by atoms with Gasteiger partial charge in [-0.1, -0.05) is 31.5 Å². The van der Waals surface area contributed by atoms with Gasteiger partial charge < -0.3 is 5.32 Å². The fraction of sp³-hybridized carbons (Fsp3) is 0.455. The first-order valence-electron chi connectivity index (χ1n) is 4.49. The smallest absolute Gasteiger partial charge is 0.0340 e. The molecule has 0 spiro atoms. The van der Waals surface area contributed by atoms with Gasteiger partial charge in [-0.3, -0.25) is 0 Å². The van der Waals surface area contributed by atoms with Gasteiger partial charge in [-0.2, -0.15) is 0 Å². The second-order valence-electron chi connectivity index (χ2n) is 3.64. The summed E-state index contributed by atoms with van der Waals surface area (Å²) in [5.41, 5.74) is 2.53. The lowest BCUT2D eigenvalue weighted by Crippen LogP contribution is -2.07. The highest BCUT2D eigenvalue weighted by molar-refractivity contribution is 5.44. The Kier molecular flexibility index (Phi) is 3.15. The monoisotopic (exact) mass is 163 g/mol. The summed E-state index contributed by atoms with van der Waals surface area (Å²) >= 11 is 0. The molecule has 1 rings (SSSR count). The molecule has 0 unspecified atom stereocenters. The zero-order valence-electron chi connectivity index (χ0n) is 8.09. The number of rotatable bonds is 3. The Morgan fingerprint density at radius 1 is 1.17 bits per heavy atom. The van der Waals surface area contributed by atoms with E-state index >= 15 is 0 Å². The van der Waals surface area contributed by atoms with E-state index in [1.807, 2.05) is 0 Å². The highest BCUT2D eigenvalue weighted by Crippen LogP contribution is 2.08. The van der Waals surface area contributed by atoms with Crippen LogP contribution in [0.2, 0.25) is 0 Å². The first kappa shape index (κ1) is 9.11. The number of hydrogen-bond acceptors (Lipinski definition) is 1. The fourth-order valence-electron chi connectivity index (χ4n) is 0.993. The topological polar surface area (TPSA) is 12.0 Å². The van der Waals surface area contributed by atoms with E-state index in [1.165, 1.54) is 11.3 Å². The molecule has 1 aromatic rings. The molecular weight excluding hydrogens is 146 g/mol. The van der Waals surface area contributed by atoms with Crippen LogP contribution in [0.5, 0.6) is 0 Å². The van der Waals surface area contributed by atoms with E-state index < -0.39 is 0 Å². The molecule has 1 nitrogen and oxygen atoms in total. The Morgan fingerprint density at radius 2 is 1.75 bits per heavy atom. The number of anilines is 1. The highest BCUT2D eigenvalue weighted by Gasteiger charge is 1.93. The van der Waals surface area contributed by atoms with Crippen molar-refractivity contribution in [2.75, 3.05) is 11.9 Å². The van der Waals surface area contributed by atoms with Crippen LogP contribution in [0.4, 0.5) is 5.69 Å². The van der Waals surface area contributed by atoms with E-state index in [-0.39, 0.29) is 0 Å². The SMILES string of the molecule is Cc1ccc(NCC(C)C)cc1. The Hall–Kier alpha value is -0.980. The summed E-state index contributed by atoms with van der Waals surface area (Å²) in [6.45, 7) is 7.57. The number of benzene rings is 1. The lowest BCUT2D eigenvalue weighted by atomic mass is 10.2. The quantitative estimate of drug-likeness (QED) is 0.722. The lowest BCUT2D eigenvalue weighted by molar-refractivity contribution is 0.689. The maximum Gasteiger partial charge on any atom is 0.0340 e. The predicted octanol–water partition coefficient (Wildman–Crippen LogP) is 3.06. The van der Waals surface area contributed by atoms with Crippen LogP contribution in [0.15, 0.2) is 24.3 Å². The van der Waals surface area contributed by atoms with Gasteiger partial charge >= 0.3 is 0 Å². The van der Waals surface area contributed by atoms with Crippen molar-refractivity contribution < 1.29 is 0 Å². The van der Waals surface area contributed by atoms with Crippen molar-refractivity contribution in [1.29, 1.82) is 0 Å². The largest absolute Gasteiger partial charge is 0.385 e.